The summed E-state index contributed by atoms with van der Waals surface area (Å²) in [7, 11) is 0. The van der Waals surface area contributed by atoms with E-state index in [9.17, 15) is 9.50 Å². The van der Waals surface area contributed by atoms with Crippen molar-refractivity contribution in [2.45, 2.75) is 20.0 Å². The molecule has 1 nitrogen and oxygen atoms in total. The van der Waals surface area contributed by atoms with Crippen LogP contribution < -0.4 is 0 Å². The fourth-order valence-electron chi connectivity index (χ4n) is 1.85. The fourth-order valence-corrected chi connectivity index (χ4v) is 2.50. The van der Waals surface area contributed by atoms with Gasteiger partial charge in [0.15, 0.2) is 0 Å². The smallest absolute Gasteiger partial charge is 0.127 e. The Bertz CT molecular complexity index is 628. The quantitative estimate of drug-likeness (QED) is 0.819. The zero-order valence-corrected chi connectivity index (χ0v) is 12.9. The second-order valence-corrected chi connectivity index (χ2v) is 5.80. The van der Waals surface area contributed by atoms with Crippen LogP contribution in [0.25, 0.3) is 0 Å². The summed E-state index contributed by atoms with van der Waals surface area (Å²) in [5, 5.41) is 10.6. The number of aliphatic hydroxyl groups excluding tert-OH is 1. The summed E-state index contributed by atoms with van der Waals surface area (Å²) >= 11 is 9.43. The highest BCUT2D eigenvalue weighted by atomic mass is 79.9. The first-order valence-electron chi connectivity index (χ1n) is 5.80. The van der Waals surface area contributed by atoms with Crippen molar-refractivity contribution in [3.63, 3.8) is 0 Å². The van der Waals surface area contributed by atoms with E-state index in [4.69, 9.17) is 11.6 Å². The van der Waals surface area contributed by atoms with Crippen LogP contribution in [0.5, 0.6) is 0 Å². The SMILES string of the molecule is Cc1cc(C(O)c2ccc(C)c(Br)c2)c(Cl)cc1F. The molecule has 0 saturated heterocycles. The van der Waals surface area contributed by atoms with Gasteiger partial charge in [-0.25, -0.2) is 4.39 Å². The van der Waals surface area contributed by atoms with Crippen LogP contribution in [-0.4, -0.2) is 5.11 Å². The van der Waals surface area contributed by atoms with Gasteiger partial charge in [-0.3, -0.25) is 0 Å². The van der Waals surface area contributed by atoms with Crippen LogP contribution in [0.15, 0.2) is 34.8 Å². The Labute approximate surface area is 125 Å². The molecule has 1 atom stereocenters. The van der Waals surface area contributed by atoms with Gasteiger partial charge in [-0.05, 0) is 48.7 Å². The standard InChI is InChI=1S/C15H13BrClFO/c1-8-3-4-10(6-12(8)16)15(19)11-5-9(2)14(18)7-13(11)17/h3-7,15,19H,1-2H3. The Hall–Kier alpha value is -0.900. The van der Waals surface area contributed by atoms with Crippen molar-refractivity contribution < 1.29 is 9.50 Å². The topological polar surface area (TPSA) is 20.2 Å². The van der Waals surface area contributed by atoms with E-state index in [1.54, 1.807) is 13.0 Å². The van der Waals surface area contributed by atoms with Crippen molar-refractivity contribution in [2.75, 3.05) is 0 Å². The van der Waals surface area contributed by atoms with Crippen molar-refractivity contribution in [3.05, 3.63) is 67.9 Å². The second-order valence-electron chi connectivity index (χ2n) is 4.53. The second kappa shape index (κ2) is 5.61. The van der Waals surface area contributed by atoms with Gasteiger partial charge >= 0.3 is 0 Å². The Morgan fingerprint density at radius 3 is 2.47 bits per heavy atom. The van der Waals surface area contributed by atoms with E-state index in [-0.39, 0.29) is 10.8 Å². The number of hydrogen-bond acceptors (Lipinski definition) is 1. The van der Waals surface area contributed by atoms with Crippen LogP contribution in [0.2, 0.25) is 5.02 Å². The normalized spacial score (nSPS) is 12.5. The monoisotopic (exact) mass is 342 g/mol. The lowest BCUT2D eigenvalue weighted by atomic mass is 9.99. The number of rotatable bonds is 2. The molecule has 0 amide bonds. The van der Waals surface area contributed by atoms with Crippen molar-refractivity contribution in [2.24, 2.45) is 0 Å². The minimum absolute atomic E-state index is 0.229. The maximum Gasteiger partial charge on any atom is 0.127 e. The maximum absolute atomic E-state index is 13.4. The molecule has 4 heteroatoms. The minimum Gasteiger partial charge on any atom is -0.384 e. The lowest BCUT2D eigenvalue weighted by Gasteiger charge is -2.15. The number of benzene rings is 2. The van der Waals surface area contributed by atoms with Gasteiger partial charge in [-0.2, -0.15) is 0 Å². The summed E-state index contributed by atoms with van der Waals surface area (Å²) in [6.45, 7) is 3.61. The number of halogens is 3. The first-order chi connectivity index (χ1) is 8.90. The molecule has 0 aliphatic carbocycles. The third-order valence-electron chi connectivity index (χ3n) is 3.08. The van der Waals surface area contributed by atoms with Gasteiger partial charge in [0, 0.05) is 15.1 Å². The summed E-state index contributed by atoms with van der Waals surface area (Å²) in [6.07, 6.45) is -0.872. The predicted octanol–water partition coefficient (Wildman–Crippen LogP) is 4.94. The summed E-state index contributed by atoms with van der Waals surface area (Å²) in [6, 6.07) is 8.40. The van der Waals surface area contributed by atoms with Crippen LogP contribution in [0.4, 0.5) is 4.39 Å². The lowest BCUT2D eigenvalue weighted by Crippen LogP contribution is -2.02. The molecule has 0 aromatic heterocycles. The van der Waals surface area contributed by atoms with Gasteiger partial charge in [0.05, 0.1) is 0 Å². The fraction of sp³-hybridized carbons (Fsp3) is 0.200. The molecule has 2 aromatic carbocycles. The molecule has 1 unspecified atom stereocenters. The molecule has 0 fully saturated rings. The molecule has 100 valence electrons. The summed E-state index contributed by atoms with van der Waals surface area (Å²) in [4.78, 5) is 0. The van der Waals surface area contributed by atoms with Gasteiger partial charge in [0.2, 0.25) is 0 Å². The Morgan fingerprint density at radius 1 is 1.16 bits per heavy atom. The largest absolute Gasteiger partial charge is 0.384 e. The molecule has 0 aliphatic rings. The van der Waals surface area contributed by atoms with Gasteiger partial charge in [0.25, 0.3) is 0 Å². The van der Waals surface area contributed by atoms with E-state index >= 15 is 0 Å². The molecule has 0 aliphatic heterocycles. The zero-order chi connectivity index (χ0) is 14.2. The van der Waals surface area contributed by atoms with Crippen LogP contribution >= 0.6 is 27.5 Å². The van der Waals surface area contributed by atoms with Crippen LogP contribution in [0.3, 0.4) is 0 Å². The van der Waals surface area contributed by atoms with E-state index < -0.39 is 6.10 Å². The van der Waals surface area contributed by atoms with Gasteiger partial charge < -0.3 is 5.11 Å². The minimum atomic E-state index is -0.872. The molecule has 2 aromatic rings. The van der Waals surface area contributed by atoms with E-state index in [0.29, 0.717) is 16.7 Å². The van der Waals surface area contributed by atoms with Gasteiger partial charge in [-0.1, -0.05) is 39.7 Å². The molecular formula is C15H13BrClFO. The maximum atomic E-state index is 13.4. The summed E-state index contributed by atoms with van der Waals surface area (Å²) in [5.41, 5.74) is 2.77. The Balaban J connectivity index is 2.46. The van der Waals surface area contributed by atoms with E-state index in [0.717, 1.165) is 10.0 Å². The van der Waals surface area contributed by atoms with Crippen molar-refractivity contribution >= 4 is 27.5 Å². The Morgan fingerprint density at radius 2 is 1.84 bits per heavy atom. The third-order valence-corrected chi connectivity index (χ3v) is 4.27. The Kier molecular flexibility index (Phi) is 4.29. The van der Waals surface area contributed by atoms with Crippen molar-refractivity contribution in [1.82, 2.24) is 0 Å². The van der Waals surface area contributed by atoms with Gasteiger partial charge in [0.1, 0.15) is 11.9 Å². The molecule has 0 heterocycles. The average Bonchev–Trinajstić information content (AvgIpc) is 2.36. The molecule has 0 bridgehead atoms. The van der Waals surface area contributed by atoms with E-state index in [1.807, 2.05) is 25.1 Å². The van der Waals surface area contributed by atoms with Gasteiger partial charge in [-0.15, -0.1) is 0 Å². The summed E-state index contributed by atoms with van der Waals surface area (Å²) < 4.78 is 14.3. The molecule has 19 heavy (non-hydrogen) atoms. The van der Waals surface area contributed by atoms with Crippen LogP contribution in [0, 0.1) is 19.7 Å². The zero-order valence-electron chi connectivity index (χ0n) is 10.5. The first-order valence-corrected chi connectivity index (χ1v) is 6.97. The molecule has 2 rings (SSSR count). The average molecular weight is 344 g/mol. The predicted molar refractivity (Wildman–Crippen MR) is 79.1 cm³/mol. The number of aryl methyl sites for hydroxylation is 2. The lowest BCUT2D eigenvalue weighted by molar-refractivity contribution is 0.220. The van der Waals surface area contributed by atoms with Crippen molar-refractivity contribution in [3.8, 4) is 0 Å². The van der Waals surface area contributed by atoms with Crippen LogP contribution in [0.1, 0.15) is 28.4 Å². The molecule has 0 saturated carbocycles. The number of aliphatic hydroxyl groups is 1. The highest BCUT2D eigenvalue weighted by Gasteiger charge is 2.16. The highest BCUT2D eigenvalue weighted by molar-refractivity contribution is 9.10. The highest BCUT2D eigenvalue weighted by Crippen LogP contribution is 2.32. The van der Waals surface area contributed by atoms with E-state index in [1.165, 1.54) is 6.07 Å². The van der Waals surface area contributed by atoms with E-state index in [2.05, 4.69) is 15.9 Å². The molecule has 0 spiro atoms. The third kappa shape index (κ3) is 2.99. The molecular weight excluding hydrogens is 331 g/mol. The summed E-state index contributed by atoms with van der Waals surface area (Å²) in [5.74, 6) is -0.369. The number of hydrogen-bond donors (Lipinski definition) is 1. The molecule has 1 N–H and O–H groups in total. The first kappa shape index (κ1) is 14.5. The molecule has 0 radical (unpaired) electrons. The van der Waals surface area contributed by atoms with Crippen LogP contribution in [-0.2, 0) is 0 Å². The van der Waals surface area contributed by atoms with Crippen molar-refractivity contribution in [1.29, 1.82) is 0 Å².